The van der Waals surface area contributed by atoms with E-state index < -0.39 is 0 Å². The fraction of sp³-hybridized carbons (Fsp3) is 0.500. The highest BCUT2D eigenvalue weighted by Crippen LogP contribution is 2.04. The Kier molecular flexibility index (Phi) is 6.66. The summed E-state index contributed by atoms with van der Waals surface area (Å²) in [4.78, 5) is 22.5. The third-order valence-corrected chi connectivity index (χ3v) is 2.56. The average molecular weight is 277 g/mol. The molecule has 1 aromatic heterocycles. The maximum atomic E-state index is 12.0. The third kappa shape index (κ3) is 5.79. The molecule has 0 saturated carbocycles. The van der Waals surface area contributed by atoms with Crippen LogP contribution >= 0.6 is 0 Å². The Morgan fingerprint density at radius 1 is 1.45 bits per heavy atom. The van der Waals surface area contributed by atoms with Gasteiger partial charge >= 0.3 is 0 Å². The van der Waals surface area contributed by atoms with Crippen LogP contribution in [-0.2, 0) is 0 Å². The highest BCUT2D eigenvalue weighted by atomic mass is 16.1. The van der Waals surface area contributed by atoms with Gasteiger partial charge in [0.05, 0.1) is 0 Å². The van der Waals surface area contributed by atoms with E-state index in [2.05, 4.69) is 32.1 Å². The van der Waals surface area contributed by atoms with Gasteiger partial charge in [0.1, 0.15) is 5.69 Å². The fourth-order valence-electron chi connectivity index (χ4n) is 1.62. The van der Waals surface area contributed by atoms with Crippen molar-refractivity contribution in [3.8, 4) is 0 Å². The molecule has 0 bridgehead atoms. The summed E-state index contributed by atoms with van der Waals surface area (Å²) in [6.07, 6.45) is 2.62. The van der Waals surface area contributed by atoms with E-state index in [0.29, 0.717) is 24.7 Å². The lowest BCUT2D eigenvalue weighted by Crippen LogP contribution is -2.28. The molecule has 1 rings (SSSR count). The molecule has 6 heteroatoms. The minimum Gasteiger partial charge on any atom is -0.351 e. The van der Waals surface area contributed by atoms with Crippen LogP contribution in [0.1, 0.15) is 22.6 Å². The van der Waals surface area contributed by atoms with Crippen LogP contribution in [0.15, 0.2) is 18.7 Å². The van der Waals surface area contributed by atoms with Crippen molar-refractivity contribution in [2.45, 2.75) is 13.3 Å². The molecule has 0 aliphatic carbocycles. The number of carbonyl (C=O) groups is 1. The summed E-state index contributed by atoms with van der Waals surface area (Å²) in [5, 5.41) is 5.85. The van der Waals surface area contributed by atoms with Gasteiger partial charge in [-0.15, -0.1) is 6.58 Å². The Morgan fingerprint density at radius 2 is 2.20 bits per heavy atom. The SMILES string of the molecule is C=CCNc1nc(C)cc(C(=O)NCCCN(C)C)n1. The topological polar surface area (TPSA) is 70.2 Å². The van der Waals surface area contributed by atoms with Gasteiger partial charge in [0.2, 0.25) is 5.95 Å². The molecular weight excluding hydrogens is 254 g/mol. The Bertz CT molecular complexity index is 459. The van der Waals surface area contributed by atoms with E-state index in [9.17, 15) is 4.79 Å². The van der Waals surface area contributed by atoms with Gasteiger partial charge in [-0.25, -0.2) is 9.97 Å². The van der Waals surface area contributed by atoms with Gasteiger partial charge in [0, 0.05) is 18.8 Å². The van der Waals surface area contributed by atoms with Gasteiger partial charge in [-0.1, -0.05) is 6.08 Å². The number of nitrogens with zero attached hydrogens (tertiary/aromatic N) is 3. The molecule has 1 amide bonds. The molecule has 0 aliphatic heterocycles. The number of carbonyl (C=O) groups excluding carboxylic acids is 1. The summed E-state index contributed by atoms with van der Waals surface area (Å²) >= 11 is 0. The third-order valence-electron chi connectivity index (χ3n) is 2.56. The average Bonchev–Trinajstić information content (AvgIpc) is 2.40. The summed E-state index contributed by atoms with van der Waals surface area (Å²) in [7, 11) is 4.01. The summed E-state index contributed by atoms with van der Waals surface area (Å²) in [6, 6.07) is 1.68. The fourth-order valence-corrected chi connectivity index (χ4v) is 1.62. The zero-order valence-electron chi connectivity index (χ0n) is 12.4. The number of aromatic nitrogens is 2. The largest absolute Gasteiger partial charge is 0.351 e. The van der Waals surface area contributed by atoms with Gasteiger partial charge in [0.25, 0.3) is 5.91 Å². The predicted molar refractivity (Wildman–Crippen MR) is 81.0 cm³/mol. The Hall–Kier alpha value is -1.95. The Labute approximate surface area is 120 Å². The molecule has 6 nitrogen and oxygen atoms in total. The molecule has 0 radical (unpaired) electrons. The second-order valence-corrected chi connectivity index (χ2v) is 4.80. The van der Waals surface area contributed by atoms with Crippen LogP contribution in [0, 0.1) is 6.92 Å². The van der Waals surface area contributed by atoms with E-state index in [1.54, 1.807) is 12.1 Å². The van der Waals surface area contributed by atoms with Crippen molar-refractivity contribution in [3.05, 3.63) is 30.1 Å². The molecule has 1 heterocycles. The first-order chi connectivity index (χ1) is 9.52. The molecule has 0 aromatic carbocycles. The Morgan fingerprint density at radius 3 is 2.85 bits per heavy atom. The second kappa shape index (κ2) is 8.27. The van der Waals surface area contributed by atoms with Gasteiger partial charge in [-0.05, 0) is 40.1 Å². The van der Waals surface area contributed by atoms with Crippen LogP contribution < -0.4 is 10.6 Å². The van der Waals surface area contributed by atoms with Crippen molar-refractivity contribution in [3.63, 3.8) is 0 Å². The number of nitrogens with one attached hydrogen (secondary N) is 2. The van der Waals surface area contributed by atoms with Crippen molar-refractivity contribution in [1.29, 1.82) is 0 Å². The van der Waals surface area contributed by atoms with Gasteiger partial charge < -0.3 is 15.5 Å². The standard InChI is InChI=1S/C14H23N5O/c1-5-7-16-14-17-11(2)10-12(18-14)13(20)15-8-6-9-19(3)4/h5,10H,1,6-9H2,2-4H3,(H,15,20)(H,16,17,18). The number of rotatable bonds is 8. The number of amides is 1. The van der Waals surface area contributed by atoms with E-state index in [0.717, 1.165) is 18.7 Å². The zero-order chi connectivity index (χ0) is 15.0. The van der Waals surface area contributed by atoms with Crippen LogP contribution in [0.4, 0.5) is 5.95 Å². The highest BCUT2D eigenvalue weighted by Gasteiger charge is 2.09. The second-order valence-electron chi connectivity index (χ2n) is 4.80. The van der Waals surface area contributed by atoms with E-state index in [1.807, 2.05) is 21.0 Å². The summed E-state index contributed by atoms with van der Waals surface area (Å²) < 4.78 is 0. The number of anilines is 1. The van der Waals surface area contributed by atoms with E-state index in [4.69, 9.17) is 0 Å². The predicted octanol–water partition coefficient (Wildman–Crippen LogP) is 1.06. The number of hydrogen-bond acceptors (Lipinski definition) is 5. The quantitative estimate of drug-likeness (QED) is 0.549. The lowest BCUT2D eigenvalue weighted by molar-refractivity contribution is 0.0947. The molecule has 110 valence electrons. The minimum atomic E-state index is -0.170. The van der Waals surface area contributed by atoms with E-state index in [-0.39, 0.29) is 5.91 Å². The Balaban J connectivity index is 2.58. The maximum Gasteiger partial charge on any atom is 0.270 e. The molecule has 1 aromatic rings. The lowest BCUT2D eigenvalue weighted by Gasteiger charge is -2.10. The summed E-state index contributed by atoms with van der Waals surface area (Å²) in [5.41, 5.74) is 1.14. The molecule has 0 spiro atoms. The van der Waals surface area contributed by atoms with E-state index >= 15 is 0 Å². The van der Waals surface area contributed by atoms with Crippen molar-refractivity contribution < 1.29 is 4.79 Å². The molecule has 2 N–H and O–H groups in total. The van der Waals surface area contributed by atoms with Crippen LogP contribution in [0.25, 0.3) is 0 Å². The molecule has 0 saturated heterocycles. The molecule has 0 unspecified atom stereocenters. The van der Waals surface area contributed by atoms with Gasteiger partial charge in [-0.2, -0.15) is 0 Å². The van der Waals surface area contributed by atoms with Crippen LogP contribution in [0.5, 0.6) is 0 Å². The van der Waals surface area contributed by atoms with Crippen LogP contribution in [-0.4, -0.2) is 54.5 Å². The lowest BCUT2D eigenvalue weighted by atomic mass is 10.3. The van der Waals surface area contributed by atoms with Gasteiger partial charge in [0.15, 0.2) is 0 Å². The van der Waals surface area contributed by atoms with Crippen molar-refractivity contribution in [2.75, 3.05) is 39.0 Å². The van der Waals surface area contributed by atoms with Crippen molar-refractivity contribution >= 4 is 11.9 Å². The molecule has 20 heavy (non-hydrogen) atoms. The normalized spacial score (nSPS) is 10.4. The smallest absolute Gasteiger partial charge is 0.270 e. The molecular formula is C14H23N5O. The van der Waals surface area contributed by atoms with Crippen LogP contribution in [0.2, 0.25) is 0 Å². The number of hydrogen-bond donors (Lipinski definition) is 2. The van der Waals surface area contributed by atoms with Crippen molar-refractivity contribution in [2.24, 2.45) is 0 Å². The first-order valence-electron chi connectivity index (χ1n) is 6.66. The first kappa shape index (κ1) is 16.1. The van der Waals surface area contributed by atoms with Crippen LogP contribution in [0.3, 0.4) is 0 Å². The summed E-state index contributed by atoms with van der Waals surface area (Å²) in [5.74, 6) is 0.277. The van der Waals surface area contributed by atoms with Crippen molar-refractivity contribution in [1.82, 2.24) is 20.2 Å². The molecule has 0 aliphatic rings. The highest BCUT2D eigenvalue weighted by molar-refractivity contribution is 5.92. The summed E-state index contributed by atoms with van der Waals surface area (Å²) in [6.45, 7) is 7.59. The monoisotopic (exact) mass is 277 g/mol. The number of aryl methyl sites for hydroxylation is 1. The molecule has 0 atom stereocenters. The zero-order valence-corrected chi connectivity index (χ0v) is 12.4. The van der Waals surface area contributed by atoms with Gasteiger partial charge in [-0.3, -0.25) is 4.79 Å². The van der Waals surface area contributed by atoms with E-state index in [1.165, 1.54) is 0 Å². The maximum absolute atomic E-state index is 12.0. The molecule has 0 fully saturated rings. The first-order valence-corrected chi connectivity index (χ1v) is 6.66. The minimum absolute atomic E-state index is 0.170.